The molecule has 0 aromatic rings. The molecule has 0 bridgehead atoms. The van der Waals surface area contributed by atoms with Gasteiger partial charge in [-0.15, -0.1) is 0 Å². The van der Waals surface area contributed by atoms with Gasteiger partial charge in [-0.3, -0.25) is 0 Å². The molecule has 15 nitrogen and oxygen atoms in total. The minimum atomic E-state index is -1.50. The lowest BCUT2D eigenvalue weighted by molar-refractivity contribution is -0.305. The summed E-state index contributed by atoms with van der Waals surface area (Å²) in [6.07, 6.45) is -10.7. The number of aliphatic hydroxyl groups is 10. The maximum Gasteiger partial charge on any atom is 0.187 e. The number of aliphatic hydroxyl groups excluding tert-OH is 9. The fourth-order valence-corrected chi connectivity index (χ4v) is 12.3. The van der Waals surface area contributed by atoms with Crippen LogP contribution < -0.4 is 0 Å². The molecule has 318 valence electrons. The van der Waals surface area contributed by atoms with Crippen molar-refractivity contribution in [3.8, 4) is 0 Å². The monoisotopic (exact) mass is 788 g/mol. The van der Waals surface area contributed by atoms with Gasteiger partial charge in [-0.2, -0.15) is 0 Å². The quantitative estimate of drug-likeness (QED) is 0.107. The van der Waals surface area contributed by atoms with Crippen LogP contribution in [0.2, 0.25) is 0 Å². The van der Waals surface area contributed by atoms with Gasteiger partial charge in [0.2, 0.25) is 0 Å². The Labute approximate surface area is 324 Å². The highest BCUT2D eigenvalue weighted by Gasteiger charge is 2.71. The average Bonchev–Trinajstić information content (AvgIpc) is 3.60. The Morgan fingerprint density at radius 1 is 0.891 bits per heavy atom. The van der Waals surface area contributed by atoms with Crippen LogP contribution in [0.4, 0.5) is 0 Å². The topological polar surface area (TPSA) is 248 Å². The highest BCUT2D eigenvalue weighted by Crippen LogP contribution is 2.70. The van der Waals surface area contributed by atoms with E-state index in [0.717, 1.165) is 18.4 Å². The molecule has 2 saturated heterocycles. The first kappa shape index (κ1) is 43.7. The van der Waals surface area contributed by atoms with E-state index in [4.69, 9.17) is 23.7 Å². The van der Waals surface area contributed by atoms with Crippen molar-refractivity contribution >= 4 is 0 Å². The molecule has 6 rings (SSSR count). The maximum absolute atomic E-state index is 12.6. The molecule has 55 heavy (non-hydrogen) atoms. The summed E-state index contributed by atoms with van der Waals surface area (Å²) in [7, 11) is 1.38. The van der Waals surface area contributed by atoms with Gasteiger partial charge in [0.25, 0.3) is 0 Å². The van der Waals surface area contributed by atoms with Crippen molar-refractivity contribution in [1.29, 1.82) is 0 Å². The summed E-state index contributed by atoms with van der Waals surface area (Å²) >= 11 is 0. The van der Waals surface area contributed by atoms with E-state index in [9.17, 15) is 51.1 Å². The molecule has 4 aliphatic carbocycles. The number of methoxy groups -OCH3 is 1. The zero-order valence-electron chi connectivity index (χ0n) is 33.0. The van der Waals surface area contributed by atoms with Crippen LogP contribution in [0.15, 0.2) is 12.2 Å². The van der Waals surface area contributed by atoms with Crippen LogP contribution in [-0.4, -0.2) is 163 Å². The molecule has 4 saturated carbocycles. The van der Waals surface area contributed by atoms with E-state index in [1.165, 1.54) is 7.11 Å². The Hall–Kier alpha value is -0.860. The molecular formula is C40H68O15. The third kappa shape index (κ3) is 7.61. The van der Waals surface area contributed by atoms with E-state index in [2.05, 4.69) is 20.4 Å². The molecular weight excluding hydrogens is 720 g/mol. The third-order valence-corrected chi connectivity index (χ3v) is 15.4. The lowest BCUT2D eigenvalue weighted by atomic mass is 9.41. The molecule has 1 unspecified atom stereocenters. The number of ether oxygens (including phenoxy) is 5. The van der Waals surface area contributed by atoms with Crippen LogP contribution >= 0.6 is 0 Å². The molecule has 2 aliphatic heterocycles. The second kappa shape index (κ2) is 16.7. The largest absolute Gasteiger partial charge is 0.394 e. The van der Waals surface area contributed by atoms with Gasteiger partial charge in [0.15, 0.2) is 12.6 Å². The highest BCUT2D eigenvalue weighted by atomic mass is 16.8. The predicted octanol–water partition coefficient (Wildman–Crippen LogP) is -0.424. The maximum atomic E-state index is 12.6. The fraction of sp³-hybridized carbons (Fsp3) is 0.950. The lowest BCUT2D eigenvalue weighted by Gasteiger charge is -2.66. The molecule has 10 N–H and O–H groups in total. The van der Waals surface area contributed by atoms with E-state index in [0.29, 0.717) is 32.1 Å². The molecule has 0 aromatic carbocycles. The average molecular weight is 789 g/mol. The fourth-order valence-electron chi connectivity index (χ4n) is 12.3. The molecule has 0 aromatic heterocycles. The van der Waals surface area contributed by atoms with Gasteiger partial charge in [-0.05, 0) is 73.5 Å². The van der Waals surface area contributed by atoms with Gasteiger partial charge in [0, 0.05) is 31.3 Å². The first-order valence-corrected chi connectivity index (χ1v) is 20.4. The van der Waals surface area contributed by atoms with Crippen molar-refractivity contribution < 1.29 is 74.7 Å². The van der Waals surface area contributed by atoms with Crippen molar-refractivity contribution in [1.82, 2.24) is 0 Å². The van der Waals surface area contributed by atoms with Crippen LogP contribution in [0.3, 0.4) is 0 Å². The van der Waals surface area contributed by atoms with Crippen LogP contribution in [0.1, 0.15) is 79.1 Å². The minimum Gasteiger partial charge on any atom is -0.394 e. The molecule has 6 fully saturated rings. The van der Waals surface area contributed by atoms with Crippen molar-refractivity contribution in [3.05, 3.63) is 12.2 Å². The number of rotatable bonds is 13. The van der Waals surface area contributed by atoms with Crippen LogP contribution in [0.25, 0.3) is 0 Å². The summed E-state index contributed by atoms with van der Waals surface area (Å²) in [4.78, 5) is 0. The van der Waals surface area contributed by atoms with Crippen molar-refractivity contribution in [2.75, 3.05) is 26.9 Å². The van der Waals surface area contributed by atoms with E-state index < -0.39 is 109 Å². The molecule has 0 spiro atoms. The highest BCUT2D eigenvalue weighted by molar-refractivity contribution is 5.21. The third-order valence-electron chi connectivity index (χ3n) is 15.4. The Balaban J connectivity index is 1.06. The van der Waals surface area contributed by atoms with Gasteiger partial charge < -0.3 is 74.7 Å². The second-order valence-electron chi connectivity index (χ2n) is 18.6. The van der Waals surface area contributed by atoms with Gasteiger partial charge in [-0.1, -0.05) is 39.8 Å². The van der Waals surface area contributed by atoms with E-state index in [-0.39, 0.29) is 48.7 Å². The molecule has 15 heteroatoms. The number of fused-ring (bicyclic) bond motifs is 5. The van der Waals surface area contributed by atoms with Crippen LogP contribution in [0.5, 0.6) is 0 Å². The second-order valence-corrected chi connectivity index (χ2v) is 18.6. The van der Waals surface area contributed by atoms with Gasteiger partial charge in [0.05, 0.1) is 49.8 Å². The van der Waals surface area contributed by atoms with Crippen LogP contribution in [-0.2, 0) is 23.7 Å². The van der Waals surface area contributed by atoms with Gasteiger partial charge >= 0.3 is 0 Å². The Bertz CT molecular complexity index is 1320. The SMILES string of the molecule is C=C(CC[C@@H](C)[C@H]1C[C@@H](O)[C@@H]2[C@]1(C)CC[C@@H]1[C@@]3(C)CC[C@H](O)[C@H](O)[C@@H]3[C@@H](O)C[C@]12O)C(C)CO[C@H]1O[C@H]([C@H](O)CO)[C@@H](O)[C@@H]1O[C@@H]1OC[C@@H](OC)[C@H](O)[C@H]1O. The zero-order valence-corrected chi connectivity index (χ0v) is 33.0. The molecule has 6 aliphatic rings. The first-order valence-electron chi connectivity index (χ1n) is 20.4. The van der Waals surface area contributed by atoms with Crippen molar-refractivity contribution in [2.24, 2.45) is 46.3 Å². The summed E-state index contributed by atoms with van der Waals surface area (Å²) in [5, 5.41) is 109. The Kier molecular flexibility index (Phi) is 13.2. The standard InChI is InChI=1S/C40H68O15/c1-18(20(3)16-52-37-34(32(49)33(54-37)25(45)15-41)55-36-31(48)30(47)26(51-6)17-53-36)7-8-19(2)21-13-23(43)35-38(21,4)12-10-27-39(5)11-9-22(42)29(46)28(39)24(44)14-40(27,35)50/h19-37,41-50H,1,7-17H2,2-6H3/t19-,20?,21-,22+,23-,24+,25-,26-,27-,28+,29+,30+,31-,32-,33-,34+,35-,36+,37+,38-,39-,40+/m1/s1. The number of hydrogen-bond acceptors (Lipinski definition) is 15. The van der Waals surface area contributed by atoms with Crippen molar-refractivity contribution in [2.45, 2.75) is 164 Å². The Morgan fingerprint density at radius 2 is 1.58 bits per heavy atom. The van der Waals surface area contributed by atoms with Crippen LogP contribution in [0, 0.1) is 46.3 Å². The molecule has 22 atom stereocenters. The number of hydrogen-bond donors (Lipinski definition) is 10. The normalized spacial score (nSPS) is 51.5. The van der Waals surface area contributed by atoms with Crippen molar-refractivity contribution in [3.63, 3.8) is 0 Å². The lowest BCUT2D eigenvalue weighted by Crippen LogP contribution is -2.70. The molecule has 2 heterocycles. The summed E-state index contributed by atoms with van der Waals surface area (Å²) in [5.74, 6) is -1.09. The van der Waals surface area contributed by atoms with Gasteiger partial charge in [0.1, 0.15) is 42.7 Å². The van der Waals surface area contributed by atoms with E-state index >= 15 is 0 Å². The summed E-state index contributed by atoms with van der Waals surface area (Å²) in [6.45, 7) is 12.0. The zero-order chi connectivity index (χ0) is 40.4. The Morgan fingerprint density at radius 3 is 2.25 bits per heavy atom. The summed E-state index contributed by atoms with van der Waals surface area (Å²) in [6, 6.07) is 0. The predicted molar refractivity (Wildman–Crippen MR) is 195 cm³/mol. The summed E-state index contributed by atoms with van der Waals surface area (Å²) < 4.78 is 28.5. The molecule has 0 radical (unpaired) electrons. The minimum absolute atomic E-state index is 0.0618. The first-order chi connectivity index (χ1) is 25.8. The smallest absolute Gasteiger partial charge is 0.187 e. The summed E-state index contributed by atoms with van der Waals surface area (Å²) in [5.41, 5.74) is -1.35. The van der Waals surface area contributed by atoms with E-state index in [1.807, 2.05) is 13.8 Å². The van der Waals surface area contributed by atoms with Gasteiger partial charge in [-0.25, -0.2) is 0 Å². The molecule has 0 amide bonds. The van der Waals surface area contributed by atoms with E-state index in [1.54, 1.807) is 0 Å².